The summed E-state index contributed by atoms with van der Waals surface area (Å²) in [5.41, 5.74) is 0.319. The van der Waals surface area contributed by atoms with Crippen molar-refractivity contribution >= 4 is 47.9 Å². The van der Waals surface area contributed by atoms with Crippen LogP contribution in [0.15, 0.2) is 9.98 Å². The number of aliphatic imine (C=N–C) groups is 2. The average molecular weight is 246 g/mol. The van der Waals surface area contributed by atoms with Gasteiger partial charge in [-0.2, -0.15) is 9.97 Å². The highest BCUT2D eigenvalue weighted by molar-refractivity contribution is 6.37. The molecule has 1 rings (SSSR count). The standard InChI is InChI=1S/C8H9Cl2N5/c1-11-8-13-6(9)5(7(10)14-8)12-4-15(2)3/h4H,1H2,2-3H3. The molecule has 0 bridgehead atoms. The molecule has 0 N–H and O–H groups in total. The van der Waals surface area contributed by atoms with Crippen molar-refractivity contribution in [3.63, 3.8) is 0 Å². The summed E-state index contributed by atoms with van der Waals surface area (Å²) in [6.45, 7) is 3.28. The van der Waals surface area contributed by atoms with Crippen LogP contribution in [0, 0.1) is 0 Å². The molecule has 5 nitrogen and oxygen atoms in total. The maximum atomic E-state index is 5.84. The normalized spacial score (nSPS) is 10.7. The molecule has 0 aliphatic carbocycles. The van der Waals surface area contributed by atoms with Crippen LogP contribution >= 0.6 is 23.2 Å². The first kappa shape index (κ1) is 11.9. The van der Waals surface area contributed by atoms with Crippen LogP contribution in [-0.2, 0) is 0 Å². The largest absolute Gasteiger partial charge is 0.369 e. The Kier molecular flexibility index (Phi) is 3.99. The van der Waals surface area contributed by atoms with Crippen molar-refractivity contribution in [2.24, 2.45) is 9.98 Å². The van der Waals surface area contributed by atoms with Gasteiger partial charge in [-0.3, -0.25) is 0 Å². The zero-order valence-electron chi connectivity index (χ0n) is 8.28. The highest BCUT2D eigenvalue weighted by Gasteiger charge is 2.09. The lowest BCUT2D eigenvalue weighted by Crippen LogP contribution is -2.07. The molecule has 0 radical (unpaired) electrons. The van der Waals surface area contributed by atoms with E-state index in [9.17, 15) is 0 Å². The van der Waals surface area contributed by atoms with Crippen LogP contribution < -0.4 is 0 Å². The number of nitrogens with zero attached hydrogens (tertiary/aromatic N) is 5. The molecule has 0 aliphatic rings. The zero-order chi connectivity index (χ0) is 11.4. The van der Waals surface area contributed by atoms with Crippen LogP contribution in [0.25, 0.3) is 0 Å². The van der Waals surface area contributed by atoms with E-state index < -0.39 is 0 Å². The molecule has 0 fully saturated rings. The van der Waals surface area contributed by atoms with E-state index in [2.05, 4.69) is 26.7 Å². The van der Waals surface area contributed by atoms with Crippen molar-refractivity contribution in [3.05, 3.63) is 10.3 Å². The molecule has 0 aromatic carbocycles. The van der Waals surface area contributed by atoms with Gasteiger partial charge in [0.15, 0.2) is 10.3 Å². The van der Waals surface area contributed by atoms with Crippen molar-refractivity contribution < 1.29 is 0 Å². The second kappa shape index (κ2) is 5.04. The van der Waals surface area contributed by atoms with Gasteiger partial charge in [-0.1, -0.05) is 23.2 Å². The molecule has 0 saturated heterocycles. The third-order valence-corrected chi connectivity index (χ3v) is 1.87. The average Bonchev–Trinajstić information content (AvgIpc) is 2.15. The maximum absolute atomic E-state index is 5.84. The molecule has 0 atom stereocenters. The van der Waals surface area contributed by atoms with Gasteiger partial charge in [-0.05, 0) is 6.72 Å². The molecule has 1 aromatic rings. The summed E-state index contributed by atoms with van der Waals surface area (Å²) >= 11 is 11.7. The first-order chi connectivity index (χ1) is 7.04. The summed E-state index contributed by atoms with van der Waals surface area (Å²) < 4.78 is 0. The van der Waals surface area contributed by atoms with Gasteiger partial charge in [0.1, 0.15) is 5.69 Å². The Morgan fingerprint density at radius 3 is 2.20 bits per heavy atom. The summed E-state index contributed by atoms with van der Waals surface area (Å²) in [5.74, 6) is 0.133. The second-order valence-electron chi connectivity index (χ2n) is 2.82. The van der Waals surface area contributed by atoms with E-state index in [0.717, 1.165) is 0 Å². The number of halogens is 2. The van der Waals surface area contributed by atoms with E-state index in [0.29, 0.717) is 5.69 Å². The Hall–Kier alpha value is -1.20. The topological polar surface area (TPSA) is 53.7 Å². The van der Waals surface area contributed by atoms with Gasteiger partial charge in [0, 0.05) is 14.1 Å². The van der Waals surface area contributed by atoms with Gasteiger partial charge in [-0.25, -0.2) is 9.98 Å². The molecule has 0 saturated carbocycles. The first-order valence-corrected chi connectivity index (χ1v) is 4.70. The number of rotatable bonds is 3. The minimum absolute atomic E-state index is 0.133. The molecule has 15 heavy (non-hydrogen) atoms. The summed E-state index contributed by atoms with van der Waals surface area (Å²) in [4.78, 5) is 17.0. The fourth-order valence-electron chi connectivity index (χ4n) is 0.742. The molecular weight excluding hydrogens is 237 g/mol. The Morgan fingerprint density at radius 1 is 1.27 bits per heavy atom. The molecule has 0 amide bonds. The molecule has 1 heterocycles. The molecule has 7 heteroatoms. The van der Waals surface area contributed by atoms with E-state index in [1.807, 2.05) is 14.1 Å². The fraction of sp³-hybridized carbons (Fsp3) is 0.250. The van der Waals surface area contributed by atoms with Gasteiger partial charge in [0.05, 0.1) is 6.34 Å². The Morgan fingerprint density at radius 2 is 1.80 bits per heavy atom. The van der Waals surface area contributed by atoms with Gasteiger partial charge >= 0.3 is 0 Å². The predicted molar refractivity (Wildman–Crippen MR) is 63.1 cm³/mol. The van der Waals surface area contributed by atoms with E-state index in [1.54, 1.807) is 11.2 Å². The Balaban J connectivity index is 3.14. The fourth-order valence-corrected chi connectivity index (χ4v) is 1.22. The van der Waals surface area contributed by atoms with E-state index in [4.69, 9.17) is 23.2 Å². The Bertz CT molecular complexity index is 379. The smallest absolute Gasteiger partial charge is 0.251 e. The van der Waals surface area contributed by atoms with E-state index in [-0.39, 0.29) is 16.3 Å². The van der Waals surface area contributed by atoms with E-state index in [1.165, 1.54) is 0 Å². The van der Waals surface area contributed by atoms with Gasteiger partial charge < -0.3 is 4.90 Å². The van der Waals surface area contributed by atoms with Crippen LogP contribution in [0.5, 0.6) is 0 Å². The minimum atomic E-state index is 0.133. The lowest BCUT2D eigenvalue weighted by atomic mass is 10.5. The Labute approximate surface area is 97.5 Å². The second-order valence-corrected chi connectivity index (χ2v) is 3.54. The minimum Gasteiger partial charge on any atom is -0.369 e. The summed E-state index contributed by atoms with van der Waals surface area (Å²) in [6, 6.07) is 0. The molecule has 80 valence electrons. The van der Waals surface area contributed by atoms with Crippen molar-refractivity contribution in [2.45, 2.75) is 0 Å². The van der Waals surface area contributed by atoms with Crippen LogP contribution in [0.4, 0.5) is 11.6 Å². The summed E-state index contributed by atoms with van der Waals surface area (Å²) in [5, 5.41) is 0.297. The monoisotopic (exact) mass is 245 g/mol. The molecule has 0 unspecified atom stereocenters. The maximum Gasteiger partial charge on any atom is 0.251 e. The number of hydrogen-bond donors (Lipinski definition) is 0. The predicted octanol–water partition coefficient (Wildman–Crippen LogP) is 2.34. The van der Waals surface area contributed by atoms with Gasteiger partial charge in [0.25, 0.3) is 5.95 Å². The van der Waals surface area contributed by atoms with Crippen molar-refractivity contribution in [3.8, 4) is 0 Å². The summed E-state index contributed by atoms with van der Waals surface area (Å²) in [7, 11) is 3.65. The molecule has 1 aromatic heterocycles. The lowest BCUT2D eigenvalue weighted by molar-refractivity contribution is 0.643. The number of aromatic nitrogens is 2. The molecular formula is C8H9Cl2N5. The summed E-state index contributed by atoms with van der Waals surface area (Å²) in [6.07, 6.45) is 1.55. The van der Waals surface area contributed by atoms with E-state index >= 15 is 0 Å². The lowest BCUT2D eigenvalue weighted by Gasteiger charge is -2.04. The number of hydrogen-bond acceptors (Lipinski definition) is 4. The third kappa shape index (κ3) is 3.14. The quantitative estimate of drug-likeness (QED) is 0.467. The van der Waals surface area contributed by atoms with Crippen LogP contribution in [0.1, 0.15) is 0 Å². The molecule has 0 aliphatic heterocycles. The van der Waals surface area contributed by atoms with Crippen molar-refractivity contribution in [1.82, 2.24) is 14.9 Å². The van der Waals surface area contributed by atoms with Crippen molar-refractivity contribution in [1.29, 1.82) is 0 Å². The molecule has 0 spiro atoms. The zero-order valence-corrected chi connectivity index (χ0v) is 9.79. The van der Waals surface area contributed by atoms with Crippen LogP contribution in [0.2, 0.25) is 10.3 Å². The van der Waals surface area contributed by atoms with Crippen LogP contribution in [0.3, 0.4) is 0 Å². The highest BCUT2D eigenvalue weighted by atomic mass is 35.5. The third-order valence-electron chi connectivity index (χ3n) is 1.35. The van der Waals surface area contributed by atoms with Gasteiger partial charge in [0.2, 0.25) is 0 Å². The highest BCUT2D eigenvalue weighted by Crippen LogP contribution is 2.31. The SMILES string of the molecule is C=Nc1nc(Cl)c(N=CN(C)C)c(Cl)n1. The van der Waals surface area contributed by atoms with Crippen molar-refractivity contribution in [2.75, 3.05) is 14.1 Å². The van der Waals surface area contributed by atoms with Gasteiger partial charge in [-0.15, -0.1) is 0 Å². The first-order valence-electron chi connectivity index (χ1n) is 3.95. The van der Waals surface area contributed by atoms with Crippen LogP contribution in [-0.4, -0.2) is 42.0 Å².